The molecule has 0 N–H and O–H groups in total. The predicted octanol–water partition coefficient (Wildman–Crippen LogP) is 3.18. The fourth-order valence-corrected chi connectivity index (χ4v) is 3.80. The van der Waals surface area contributed by atoms with E-state index >= 15 is 0 Å². The van der Waals surface area contributed by atoms with Crippen LogP contribution in [0.25, 0.3) is 11.3 Å². The molecule has 1 saturated carbocycles. The number of rotatable bonds is 5. The van der Waals surface area contributed by atoms with Crippen LogP contribution in [0.2, 0.25) is 0 Å². The highest BCUT2D eigenvalue weighted by Crippen LogP contribution is 2.34. The number of nitrogens with zero attached hydrogens (tertiary/aromatic N) is 6. The molecule has 6 heteroatoms. The molecule has 0 radical (unpaired) electrons. The summed E-state index contributed by atoms with van der Waals surface area (Å²) in [6.45, 7) is 2.03. The summed E-state index contributed by atoms with van der Waals surface area (Å²) in [5, 5.41) is 8.11. The van der Waals surface area contributed by atoms with Gasteiger partial charge in [0.2, 0.25) is 0 Å². The molecule has 0 saturated heterocycles. The average Bonchev–Trinajstić information content (AvgIpc) is 3.27. The largest absolute Gasteiger partial charge is 0.261 e. The Balaban J connectivity index is 1.32. The molecule has 6 nitrogen and oxygen atoms in total. The number of aryl methyl sites for hydroxylation is 2. The third kappa shape index (κ3) is 3.95. The van der Waals surface area contributed by atoms with Crippen molar-refractivity contribution in [1.82, 2.24) is 29.9 Å². The molecule has 134 valence electrons. The molecule has 0 amide bonds. The molecule has 3 aromatic heterocycles. The predicted molar refractivity (Wildman–Crippen MR) is 99.2 cm³/mol. The van der Waals surface area contributed by atoms with Crippen LogP contribution in [0.1, 0.15) is 36.3 Å². The second-order valence-corrected chi connectivity index (χ2v) is 7.45. The molecular formula is C20H24N6. The Hall–Kier alpha value is -2.63. The highest BCUT2D eigenvalue weighted by molar-refractivity contribution is 5.56. The lowest BCUT2D eigenvalue weighted by Gasteiger charge is -2.11. The number of hydrogen-bond acceptors (Lipinski definition) is 5. The van der Waals surface area contributed by atoms with Gasteiger partial charge in [0.25, 0.3) is 0 Å². The average molecular weight is 348 g/mol. The van der Waals surface area contributed by atoms with Gasteiger partial charge in [-0.2, -0.15) is 0 Å². The maximum absolute atomic E-state index is 4.64. The van der Waals surface area contributed by atoms with Gasteiger partial charge in [-0.3, -0.25) is 9.67 Å². The first-order valence-corrected chi connectivity index (χ1v) is 9.25. The van der Waals surface area contributed by atoms with Crippen LogP contribution in [-0.4, -0.2) is 29.9 Å². The molecular weight excluding hydrogens is 324 g/mol. The van der Waals surface area contributed by atoms with Crippen molar-refractivity contribution < 1.29 is 0 Å². The molecule has 4 rings (SSSR count). The molecule has 2 atom stereocenters. The summed E-state index contributed by atoms with van der Waals surface area (Å²) in [5.41, 5.74) is 4.16. The molecule has 0 unspecified atom stereocenters. The van der Waals surface area contributed by atoms with Gasteiger partial charge in [-0.1, -0.05) is 5.21 Å². The molecule has 3 heterocycles. The van der Waals surface area contributed by atoms with Gasteiger partial charge < -0.3 is 0 Å². The van der Waals surface area contributed by atoms with Crippen molar-refractivity contribution in [2.24, 2.45) is 18.9 Å². The molecule has 0 aromatic carbocycles. The van der Waals surface area contributed by atoms with E-state index in [-0.39, 0.29) is 0 Å². The van der Waals surface area contributed by atoms with Gasteiger partial charge in [-0.05, 0) is 62.1 Å². The van der Waals surface area contributed by atoms with Crippen LogP contribution in [0.4, 0.5) is 0 Å². The van der Waals surface area contributed by atoms with Gasteiger partial charge in [-0.25, -0.2) is 9.97 Å². The van der Waals surface area contributed by atoms with Gasteiger partial charge in [0, 0.05) is 43.3 Å². The van der Waals surface area contributed by atoms with Crippen LogP contribution in [0.5, 0.6) is 0 Å². The Morgan fingerprint density at radius 2 is 1.77 bits per heavy atom. The third-order valence-corrected chi connectivity index (χ3v) is 5.18. The lowest BCUT2D eigenvalue weighted by Crippen LogP contribution is -2.06. The van der Waals surface area contributed by atoms with Crippen LogP contribution in [0.3, 0.4) is 0 Å². The van der Waals surface area contributed by atoms with E-state index in [1.54, 1.807) is 4.68 Å². The number of pyridine rings is 1. The highest BCUT2D eigenvalue weighted by atomic mass is 15.4. The molecule has 0 aliphatic heterocycles. The van der Waals surface area contributed by atoms with Crippen molar-refractivity contribution in [2.45, 2.75) is 39.0 Å². The van der Waals surface area contributed by atoms with E-state index in [2.05, 4.69) is 37.4 Å². The first-order chi connectivity index (χ1) is 12.7. The summed E-state index contributed by atoms with van der Waals surface area (Å²) in [6, 6.07) is 4.22. The second kappa shape index (κ2) is 7.32. The van der Waals surface area contributed by atoms with Crippen molar-refractivity contribution >= 4 is 0 Å². The molecule has 1 aliphatic carbocycles. The maximum atomic E-state index is 4.64. The Labute approximate surface area is 153 Å². The third-order valence-electron chi connectivity index (χ3n) is 5.18. The minimum absolute atomic E-state index is 0.696. The van der Waals surface area contributed by atoms with Crippen molar-refractivity contribution in [3.63, 3.8) is 0 Å². The molecule has 0 bridgehead atoms. The Bertz CT molecular complexity index is 853. The van der Waals surface area contributed by atoms with E-state index in [4.69, 9.17) is 0 Å². The smallest absolute Gasteiger partial charge is 0.128 e. The fraction of sp³-hybridized carbons (Fsp3) is 0.450. The normalized spacial score (nSPS) is 19.8. The number of hydrogen-bond donors (Lipinski definition) is 0. The van der Waals surface area contributed by atoms with E-state index in [0.717, 1.165) is 41.2 Å². The van der Waals surface area contributed by atoms with E-state index in [1.807, 2.05) is 38.8 Å². The zero-order chi connectivity index (χ0) is 17.9. The van der Waals surface area contributed by atoms with Gasteiger partial charge in [-0.15, -0.1) is 5.10 Å². The first-order valence-electron chi connectivity index (χ1n) is 9.25. The summed E-state index contributed by atoms with van der Waals surface area (Å²) in [6.07, 6.45) is 13.5. The SMILES string of the molecule is Cc1cnc(C[C@H]2CC[C@H](Cc3ccc(-c4cn(C)nn4)cn3)C2)nc1. The molecule has 1 fully saturated rings. The summed E-state index contributed by atoms with van der Waals surface area (Å²) in [4.78, 5) is 13.6. The lowest BCUT2D eigenvalue weighted by atomic mass is 9.97. The van der Waals surface area contributed by atoms with Crippen molar-refractivity contribution in [3.8, 4) is 11.3 Å². The molecule has 0 spiro atoms. The summed E-state index contributed by atoms with van der Waals surface area (Å²) >= 11 is 0. The molecule has 26 heavy (non-hydrogen) atoms. The maximum Gasteiger partial charge on any atom is 0.128 e. The van der Waals surface area contributed by atoms with Crippen LogP contribution < -0.4 is 0 Å². The lowest BCUT2D eigenvalue weighted by molar-refractivity contribution is 0.476. The van der Waals surface area contributed by atoms with Crippen molar-refractivity contribution in [2.75, 3.05) is 0 Å². The van der Waals surface area contributed by atoms with E-state index < -0.39 is 0 Å². The van der Waals surface area contributed by atoms with Gasteiger partial charge in [0.1, 0.15) is 11.5 Å². The van der Waals surface area contributed by atoms with Crippen LogP contribution in [0.15, 0.2) is 36.9 Å². The minimum atomic E-state index is 0.696. The summed E-state index contributed by atoms with van der Waals surface area (Å²) in [5.74, 6) is 2.38. The van der Waals surface area contributed by atoms with Gasteiger partial charge in [0.15, 0.2) is 0 Å². The van der Waals surface area contributed by atoms with E-state index in [1.165, 1.54) is 19.3 Å². The zero-order valence-electron chi connectivity index (χ0n) is 15.3. The fourth-order valence-electron chi connectivity index (χ4n) is 3.80. The van der Waals surface area contributed by atoms with Gasteiger partial charge >= 0.3 is 0 Å². The Morgan fingerprint density at radius 1 is 1.00 bits per heavy atom. The quantitative estimate of drug-likeness (QED) is 0.708. The Morgan fingerprint density at radius 3 is 2.42 bits per heavy atom. The summed E-state index contributed by atoms with van der Waals surface area (Å²) < 4.78 is 1.71. The van der Waals surface area contributed by atoms with Crippen LogP contribution >= 0.6 is 0 Å². The second-order valence-electron chi connectivity index (χ2n) is 7.45. The zero-order valence-corrected chi connectivity index (χ0v) is 15.3. The first kappa shape index (κ1) is 16.8. The summed E-state index contributed by atoms with van der Waals surface area (Å²) in [7, 11) is 1.87. The minimum Gasteiger partial charge on any atom is -0.261 e. The molecule has 1 aliphatic rings. The van der Waals surface area contributed by atoms with Crippen molar-refractivity contribution in [3.05, 3.63) is 54.0 Å². The standard InChI is InChI=1S/C20H24N6/c1-14-10-22-20(23-11-14)9-16-4-3-15(7-16)8-18-6-5-17(12-21-18)19-13-26(2)25-24-19/h5-6,10-13,15-16H,3-4,7-9H2,1-2H3/t15-,16-/m0/s1. The van der Waals surface area contributed by atoms with E-state index in [9.17, 15) is 0 Å². The topological polar surface area (TPSA) is 69.4 Å². The monoisotopic (exact) mass is 348 g/mol. The van der Waals surface area contributed by atoms with Crippen LogP contribution in [0, 0.1) is 18.8 Å². The Kier molecular flexibility index (Phi) is 4.73. The van der Waals surface area contributed by atoms with E-state index in [0.29, 0.717) is 11.8 Å². The highest BCUT2D eigenvalue weighted by Gasteiger charge is 2.26. The van der Waals surface area contributed by atoms with Gasteiger partial charge in [0.05, 0.1) is 6.20 Å². The number of aromatic nitrogens is 6. The van der Waals surface area contributed by atoms with Crippen molar-refractivity contribution in [1.29, 1.82) is 0 Å². The van der Waals surface area contributed by atoms with Crippen LogP contribution in [-0.2, 0) is 19.9 Å². The molecule has 3 aromatic rings.